The summed E-state index contributed by atoms with van der Waals surface area (Å²) in [6.45, 7) is 0. The molecular weight excluding hydrogens is 176 g/mol. The van der Waals surface area contributed by atoms with E-state index in [1.165, 1.54) is 0 Å². The number of hydrogen-bond donors (Lipinski definition) is 0. The molecule has 0 radical (unpaired) electrons. The molecule has 0 bridgehead atoms. The number of benzene rings is 1. The van der Waals surface area contributed by atoms with Crippen LogP contribution in [0.2, 0.25) is 5.02 Å². The molecule has 12 heavy (non-hydrogen) atoms. The van der Waals surface area contributed by atoms with E-state index in [2.05, 4.69) is 0 Å². The van der Waals surface area contributed by atoms with Gasteiger partial charge in [0.05, 0.1) is 6.42 Å². The third kappa shape index (κ3) is 1.18. The first-order chi connectivity index (χ1) is 5.77. The van der Waals surface area contributed by atoms with E-state index in [-0.39, 0.29) is 5.97 Å². The summed E-state index contributed by atoms with van der Waals surface area (Å²) in [5.74, 6) is 0.434. The van der Waals surface area contributed by atoms with Crippen LogP contribution >= 0.6 is 11.6 Å². The van der Waals surface area contributed by atoms with E-state index in [9.17, 15) is 4.79 Å². The Morgan fingerprint density at radius 2 is 2.17 bits per heavy atom. The standard InChI is InChI=1S/C9H7ClO2/c10-7-2-1-3-8-6(7)4-5-9(11)12-8/h1-3H,4-5H2. The van der Waals surface area contributed by atoms with Crippen molar-refractivity contribution < 1.29 is 9.53 Å². The van der Waals surface area contributed by atoms with Crippen molar-refractivity contribution in [2.75, 3.05) is 0 Å². The average molecular weight is 183 g/mol. The molecule has 0 unspecified atom stereocenters. The number of fused-ring (bicyclic) bond motifs is 1. The minimum absolute atomic E-state index is 0.176. The van der Waals surface area contributed by atoms with E-state index in [0.29, 0.717) is 23.6 Å². The van der Waals surface area contributed by atoms with Crippen molar-refractivity contribution in [1.82, 2.24) is 0 Å². The zero-order chi connectivity index (χ0) is 8.55. The fraction of sp³-hybridized carbons (Fsp3) is 0.222. The second-order valence-corrected chi connectivity index (χ2v) is 3.10. The number of hydrogen-bond acceptors (Lipinski definition) is 2. The third-order valence-electron chi connectivity index (χ3n) is 1.88. The number of rotatable bonds is 0. The van der Waals surface area contributed by atoms with Gasteiger partial charge in [0, 0.05) is 10.6 Å². The van der Waals surface area contributed by atoms with Gasteiger partial charge in [-0.05, 0) is 18.6 Å². The monoisotopic (exact) mass is 182 g/mol. The van der Waals surface area contributed by atoms with Crippen LogP contribution in [0.3, 0.4) is 0 Å². The van der Waals surface area contributed by atoms with Crippen LogP contribution in [0.15, 0.2) is 18.2 Å². The van der Waals surface area contributed by atoms with Gasteiger partial charge >= 0.3 is 5.97 Å². The van der Waals surface area contributed by atoms with Gasteiger partial charge in [-0.25, -0.2) is 0 Å². The predicted octanol–water partition coefficient (Wildman–Crippen LogP) is 2.19. The fourth-order valence-corrected chi connectivity index (χ4v) is 1.54. The minimum Gasteiger partial charge on any atom is -0.426 e. The quantitative estimate of drug-likeness (QED) is 0.454. The molecule has 2 nitrogen and oxygen atoms in total. The van der Waals surface area contributed by atoms with E-state index < -0.39 is 0 Å². The Kier molecular flexibility index (Phi) is 1.77. The third-order valence-corrected chi connectivity index (χ3v) is 2.23. The molecule has 1 aromatic rings. The zero-order valence-corrected chi connectivity index (χ0v) is 7.10. The first-order valence-corrected chi connectivity index (χ1v) is 4.13. The molecule has 0 fully saturated rings. The molecule has 1 aromatic carbocycles. The van der Waals surface area contributed by atoms with Crippen LogP contribution in [0, 0.1) is 0 Å². The molecule has 0 saturated carbocycles. The van der Waals surface area contributed by atoms with Crippen molar-refractivity contribution in [2.45, 2.75) is 12.8 Å². The van der Waals surface area contributed by atoms with Crippen LogP contribution in [0.25, 0.3) is 0 Å². The number of carbonyl (C=O) groups excluding carboxylic acids is 1. The maximum Gasteiger partial charge on any atom is 0.311 e. The molecule has 0 aromatic heterocycles. The van der Waals surface area contributed by atoms with E-state index in [0.717, 1.165) is 5.56 Å². The number of halogens is 1. The lowest BCUT2D eigenvalue weighted by atomic mass is 10.1. The lowest BCUT2D eigenvalue weighted by Crippen LogP contribution is -2.15. The highest BCUT2D eigenvalue weighted by molar-refractivity contribution is 6.31. The molecule has 2 rings (SSSR count). The molecule has 1 aliphatic heterocycles. The van der Waals surface area contributed by atoms with Crippen molar-refractivity contribution in [1.29, 1.82) is 0 Å². The topological polar surface area (TPSA) is 26.3 Å². The number of carbonyl (C=O) groups is 1. The molecule has 0 spiro atoms. The van der Waals surface area contributed by atoms with Crippen LogP contribution in [0.4, 0.5) is 0 Å². The van der Waals surface area contributed by atoms with E-state index in [1.807, 2.05) is 0 Å². The van der Waals surface area contributed by atoms with Gasteiger partial charge in [0.1, 0.15) is 5.75 Å². The minimum atomic E-state index is -0.176. The summed E-state index contributed by atoms with van der Waals surface area (Å²) in [6.07, 6.45) is 1.12. The molecule has 1 aliphatic rings. The summed E-state index contributed by atoms with van der Waals surface area (Å²) in [7, 11) is 0. The maximum absolute atomic E-state index is 10.9. The molecule has 0 atom stereocenters. The Morgan fingerprint density at radius 1 is 1.33 bits per heavy atom. The predicted molar refractivity (Wildman–Crippen MR) is 45.4 cm³/mol. The molecular formula is C9H7ClO2. The fourth-order valence-electron chi connectivity index (χ4n) is 1.28. The van der Waals surface area contributed by atoms with E-state index >= 15 is 0 Å². The Bertz CT molecular complexity index is 333. The van der Waals surface area contributed by atoms with Gasteiger partial charge < -0.3 is 4.74 Å². The van der Waals surface area contributed by atoms with Crippen molar-refractivity contribution in [3.63, 3.8) is 0 Å². The van der Waals surface area contributed by atoms with Gasteiger partial charge in [0.2, 0.25) is 0 Å². The summed E-state index contributed by atoms with van der Waals surface area (Å²) < 4.78 is 4.99. The molecule has 62 valence electrons. The first kappa shape index (κ1) is 7.62. The lowest BCUT2D eigenvalue weighted by molar-refractivity contribution is -0.135. The lowest BCUT2D eigenvalue weighted by Gasteiger charge is -2.15. The van der Waals surface area contributed by atoms with Gasteiger partial charge in [0.15, 0.2) is 0 Å². The molecule has 0 aliphatic carbocycles. The van der Waals surface area contributed by atoms with Gasteiger partial charge in [-0.2, -0.15) is 0 Å². The van der Waals surface area contributed by atoms with Crippen LogP contribution in [-0.4, -0.2) is 5.97 Å². The Morgan fingerprint density at radius 3 is 3.00 bits per heavy atom. The Balaban J connectivity index is 2.48. The number of ether oxygens (including phenoxy) is 1. The molecule has 0 amide bonds. The zero-order valence-electron chi connectivity index (χ0n) is 6.34. The molecule has 0 saturated heterocycles. The van der Waals surface area contributed by atoms with Gasteiger partial charge in [-0.3, -0.25) is 4.79 Å². The first-order valence-electron chi connectivity index (χ1n) is 3.75. The van der Waals surface area contributed by atoms with Crippen LogP contribution in [0.5, 0.6) is 5.75 Å². The second kappa shape index (κ2) is 2.79. The van der Waals surface area contributed by atoms with Crippen LogP contribution in [0.1, 0.15) is 12.0 Å². The average Bonchev–Trinajstić information content (AvgIpc) is 2.04. The van der Waals surface area contributed by atoms with E-state index in [4.69, 9.17) is 16.3 Å². The smallest absolute Gasteiger partial charge is 0.311 e. The second-order valence-electron chi connectivity index (χ2n) is 2.69. The highest BCUT2D eigenvalue weighted by Gasteiger charge is 2.18. The van der Waals surface area contributed by atoms with Crippen molar-refractivity contribution in [2.24, 2.45) is 0 Å². The highest BCUT2D eigenvalue weighted by Crippen LogP contribution is 2.30. The normalized spacial score (nSPS) is 15.2. The summed E-state index contributed by atoms with van der Waals surface area (Å²) in [4.78, 5) is 10.9. The molecule has 3 heteroatoms. The van der Waals surface area contributed by atoms with Crippen LogP contribution < -0.4 is 4.74 Å². The largest absolute Gasteiger partial charge is 0.426 e. The summed E-state index contributed by atoms with van der Waals surface area (Å²) in [5.41, 5.74) is 0.943. The maximum atomic E-state index is 10.9. The molecule has 0 N–H and O–H groups in total. The number of esters is 1. The summed E-state index contributed by atoms with van der Waals surface area (Å²) in [5, 5.41) is 0.681. The van der Waals surface area contributed by atoms with Crippen molar-refractivity contribution >= 4 is 17.6 Å². The van der Waals surface area contributed by atoms with Gasteiger partial charge in [-0.1, -0.05) is 17.7 Å². The summed E-state index contributed by atoms with van der Waals surface area (Å²) in [6, 6.07) is 5.34. The Hall–Kier alpha value is -1.02. The van der Waals surface area contributed by atoms with E-state index in [1.54, 1.807) is 18.2 Å². The highest BCUT2D eigenvalue weighted by atomic mass is 35.5. The van der Waals surface area contributed by atoms with Crippen molar-refractivity contribution in [3.8, 4) is 5.75 Å². The SMILES string of the molecule is O=C1CCc2c(Cl)cccc2O1. The van der Waals surface area contributed by atoms with Gasteiger partial charge in [0.25, 0.3) is 0 Å². The van der Waals surface area contributed by atoms with Crippen LogP contribution in [-0.2, 0) is 11.2 Å². The van der Waals surface area contributed by atoms with Crippen molar-refractivity contribution in [3.05, 3.63) is 28.8 Å². The molecule has 1 heterocycles. The summed E-state index contributed by atoms with van der Waals surface area (Å²) >= 11 is 5.90. The van der Waals surface area contributed by atoms with Gasteiger partial charge in [-0.15, -0.1) is 0 Å². The Labute approximate surface area is 75.1 Å².